The molecule has 2 nitrogen and oxygen atoms in total. The molecular weight excluding hydrogens is 280 g/mol. The van der Waals surface area contributed by atoms with Crippen LogP contribution in [0.3, 0.4) is 0 Å². The molecule has 1 aliphatic carbocycles. The molecule has 3 heteroatoms. The van der Waals surface area contributed by atoms with Gasteiger partial charge in [0.15, 0.2) is 0 Å². The summed E-state index contributed by atoms with van der Waals surface area (Å²) < 4.78 is 0. The minimum atomic E-state index is -0.755. The first-order valence-corrected chi connectivity index (χ1v) is 8.25. The molecule has 0 spiro atoms. The number of carboxylic acid groups (broad SMARTS) is 1. The number of aliphatic carboxylic acids is 1. The highest BCUT2D eigenvalue weighted by atomic mass is 32.2. The van der Waals surface area contributed by atoms with Crippen molar-refractivity contribution >= 4 is 17.7 Å². The lowest BCUT2D eigenvalue weighted by Gasteiger charge is -2.13. The number of fused-ring (bicyclic) bond motifs is 1. The Kier molecular flexibility index (Phi) is 4.30. The van der Waals surface area contributed by atoms with Crippen molar-refractivity contribution in [3.63, 3.8) is 0 Å². The number of hydrogen-bond acceptors (Lipinski definition) is 2. The second-order valence-electron chi connectivity index (χ2n) is 5.40. The number of carbonyl (C=O) groups is 1. The van der Waals surface area contributed by atoms with Crippen molar-refractivity contribution < 1.29 is 9.90 Å². The molecule has 0 heterocycles. The molecule has 2 aromatic carbocycles. The van der Waals surface area contributed by atoms with Crippen molar-refractivity contribution in [3.05, 3.63) is 65.2 Å². The van der Waals surface area contributed by atoms with Crippen LogP contribution < -0.4 is 0 Å². The fourth-order valence-corrected chi connectivity index (χ4v) is 3.90. The highest BCUT2D eigenvalue weighted by molar-refractivity contribution is 7.99. The Bertz CT molecular complexity index is 637. The molecule has 0 radical (unpaired) electrons. The van der Waals surface area contributed by atoms with Gasteiger partial charge in [-0.25, -0.2) is 0 Å². The topological polar surface area (TPSA) is 37.3 Å². The number of rotatable bonds is 5. The van der Waals surface area contributed by atoms with E-state index >= 15 is 0 Å². The van der Waals surface area contributed by atoms with Crippen LogP contribution in [0.15, 0.2) is 53.4 Å². The van der Waals surface area contributed by atoms with Crippen molar-refractivity contribution in [2.45, 2.75) is 30.1 Å². The first-order chi connectivity index (χ1) is 10.2. The highest BCUT2D eigenvalue weighted by Gasteiger charge is 2.20. The molecular formula is C18H18O2S. The molecule has 108 valence electrons. The van der Waals surface area contributed by atoms with Gasteiger partial charge >= 0.3 is 5.97 Å². The molecule has 1 atom stereocenters. The van der Waals surface area contributed by atoms with Gasteiger partial charge in [-0.3, -0.25) is 4.79 Å². The predicted octanol–water partition coefficient (Wildman–Crippen LogP) is 4.14. The molecule has 3 rings (SSSR count). The number of hydrogen-bond donors (Lipinski definition) is 1. The zero-order valence-electron chi connectivity index (χ0n) is 11.8. The summed E-state index contributed by atoms with van der Waals surface area (Å²) in [5.41, 5.74) is 3.77. The van der Waals surface area contributed by atoms with E-state index in [-0.39, 0.29) is 0 Å². The standard InChI is InChI=1S/C18H18O2S/c19-18(20)17(14-5-2-1-3-6-14)12-21-16-10-9-13-7-4-8-15(13)11-16/h1-3,5-6,9-11,17H,4,7-8,12H2,(H,19,20). The fourth-order valence-electron chi connectivity index (χ4n) is 2.81. The van der Waals surface area contributed by atoms with Gasteiger partial charge in [0.1, 0.15) is 0 Å². The van der Waals surface area contributed by atoms with Crippen LogP contribution >= 0.6 is 11.8 Å². The predicted molar refractivity (Wildman–Crippen MR) is 86.0 cm³/mol. The summed E-state index contributed by atoms with van der Waals surface area (Å²) in [6.07, 6.45) is 3.58. The first-order valence-electron chi connectivity index (χ1n) is 7.26. The van der Waals surface area contributed by atoms with Crippen LogP contribution in [0, 0.1) is 0 Å². The van der Waals surface area contributed by atoms with Crippen molar-refractivity contribution in [2.24, 2.45) is 0 Å². The summed E-state index contributed by atoms with van der Waals surface area (Å²) in [5.74, 6) is -0.641. The van der Waals surface area contributed by atoms with E-state index in [1.165, 1.54) is 28.9 Å². The van der Waals surface area contributed by atoms with Crippen LogP contribution in [0.1, 0.15) is 29.0 Å². The lowest BCUT2D eigenvalue weighted by Crippen LogP contribution is -2.14. The van der Waals surface area contributed by atoms with Crippen LogP contribution in [0.4, 0.5) is 0 Å². The van der Waals surface area contributed by atoms with Gasteiger partial charge < -0.3 is 5.11 Å². The van der Waals surface area contributed by atoms with Crippen LogP contribution in [-0.2, 0) is 17.6 Å². The third-order valence-corrected chi connectivity index (χ3v) is 5.07. The molecule has 21 heavy (non-hydrogen) atoms. The maximum atomic E-state index is 11.5. The Morgan fingerprint density at radius 1 is 1.10 bits per heavy atom. The second-order valence-corrected chi connectivity index (χ2v) is 6.49. The maximum absolute atomic E-state index is 11.5. The Morgan fingerprint density at radius 3 is 2.62 bits per heavy atom. The molecule has 0 saturated heterocycles. The molecule has 0 aliphatic heterocycles. The summed E-state index contributed by atoms with van der Waals surface area (Å²) in [5, 5.41) is 9.45. The summed E-state index contributed by atoms with van der Waals surface area (Å²) >= 11 is 1.64. The van der Waals surface area contributed by atoms with Crippen molar-refractivity contribution in [1.82, 2.24) is 0 Å². The zero-order chi connectivity index (χ0) is 14.7. The minimum Gasteiger partial charge on any atom is -0.481 e. The van der Waals surface area contributed by atoms with Crippen molar-refractivity contribution in [2.75, 3.05) is 5.75 Å². The van der Waals surface area contributed by atoms with E-state index in [1.807, 2.05) is 30.3 Å². The van der Waals surface area contributed by atoms with E-state index in [0.717, 1.165) is 12.0 Å². The van der Waals surface area contributed by atoms with Crippen molar-refractivity contribution in [1.29, 1.82) is 0 Å². The third kappa shape index (κ3) is 3.30. The van der Waals surface area contributed by atoms with E-state index in [1.54, 1.807) is 11.8 Å². The van der Waals surface area contributed by atoms with Gasteiger partial charge in [0, 0.05) is 10.6 Å². The summed E-state index contributed by atoms with van der Waals surface area (Å²) in [6.45, 7) is 0. The Labute approximate surface area is 129 Å². The van der Waals surface area contributed by atoms with Crippen LogP contribution in [0.25, 0.3) is 0 Å². The monoisotopic (exact) mass is 298 g/mol. The average Bonchev–Trinajstić information content (AvgIpc) is 2.96. The molecule has 1 unspecified atom stereocenters. The lowest BCUT2D eigenvalue weighted by molar-refractivity contribution is -0.138. The van der Waals surface area contributed by atoms with Crippen molar-refractivity contribution in [3.8, 4) is 0 Å². The summed E-state index contributed by atoms with van der Waals surface area (Å²) in [7, 11) is 0. The van der Waals surface area contributed by atoms with Crippen LogP contribution in [0.2, 0.25) is 0 Å². The van der Waals surface area contributed by atoms with Gasteiger partial charge in [-0.2, -0.15) is 0 Å². The molecule has 2 aromatic rings. The first kappa shape index (κ1) is 14.2. The van der Waals surface area contributed by atoms with Gasteiger partial charge in [-0.05, 0) is 48.1 Å². The van der Waals surface area contributed by atoms with Gasteiger partial charge in [-0.1, -0.05) is 36.4 Å². The molecule has 1 aliphatic rings. The number of carboxylic acids is 1. The number of benzene rings is 2. The normalized spacial score (nSPS) is 14.7. The molecule has 0 bridgehead atoms. The second kappa shape index (κ2) is 6.35. The SMILES string of the molecule is O=C(O)C(CSc1ccc2c(c1)CCC2)c1ccccc1. The van der Waals surface area contributed by atoms with E-state index < -0.39 is 11.9 Å². The van der Waals surface area contributed by atoms with Gasteiger partial charge in [0.25, 0.3) is 0 Å². The third-order valence-electron chi connectivity index (χ3n) is 3.99. The Hall–Kier alpha value is -1.74. The number of aryl methyl sites for hydroxylation is 2. The summed E-state index contributed by atoms with van der Waals surface area (Å²) in [4.78, 5) is 12.7. The molecule has 0 saturated carbocycles. The van der Waals surface area contributed by atoms with E-state index in [2.05, 4.69) is 18.2 Å². The lowest BCUT2D eigenvalue weighted by atomic mass is 10.0. The maximum Gasteiger partial charge on any atom is 0.311 e. The largest absolute Gasteiger partial charge is 0.481 e. The van der Waals surface area contributed by atoms with E-state index in [4.69, 9.17) is 0 Å². The molecule has 0 amide bonds. The number of thioether (sulfide) groups is 1. The Morgan fingerprint density at radius 2 is 1.86 bits per heavy atom. The minimum absolute atomic E-state index is 0.454. The smallest absolute Gasteiger partial charge is 0.311 e. The fraction of sp³-hybridized carbons (Fsp3) is 0.278. The molecule has 1 N–H and O–H groups in total. The quantitative estimate of drug-likeness (QED) is 0.843. The molecule has 0 fully saturated rings. The van der Waals surface area contributed by atoms with Gasteiger partial charge in [0.2, 0.25) is 0 Å². The average molecular weight is 298 g/mol. The van der Waals surface area contributed by atoms with Crippen LogP contribution in [0.5, 0.6) is 0 Å². The zero-order valence-corrected chi connectivity index (χ0v) is 12.6. The Balaban J connectivity index is 1.71. The van der Waals surface area contributed by atoms with E-state index in [9.17, 15) is 9.90 Å². The van der Waals surface area contributed by atoms with Gasteiger partial charge in [-0.15, -0.1) is 11.8 Å². The van der Waals surface area contributed by atoms with Gasteiger partial charge in [0.05, 0.1) is 5.92 Å². The highest BCUT2D eigenvalue weighted by Crippen LogP contribution is 2.30. The molecule has 0 aromatic heterocycles. The van der Waals surface area contributed by atoms with E-state index in [0.29, 0.717) is 5.75 Å². The summed E-state index contributed by atoms with van der Waals surface area (Å²) in [6, 6.07) is 16.0. The van der Waals surface area contributed by atoms with Crippen LogP contribution in [-0.4, -0.2) is 16.8 Å².